The lowest BCUT2D eigenvalue weighted by Crippen LogP contribution is -2.25. The molecule has 6 rings (SSSR count). The van der Waals surface area contributed by atoms with Gasteiger partial charge in [-0.2, -0.15) is 0 Å². The molecule has 34 heavy (non-hydrogen) atoms. The molecule has 0 atom stereocenters. The van der Waals surface area contributed by atoms with Gasteiger partial charge in [0.1, 0.15) is 0 Å². The van der Waals surface area contributed by atoms with Crippen molar-refractivity contribution in [3.05, 3.63) is 85.7 Å². The fourth-order valence-corrected chi connectivity index (χ4v) is 4.58. The molecule has 3 aromatic heterocycles. The van der Waals surface area contributed by atoms with E-state index in [1.165, 1.54) is 6.20 Å². The van der Waals surface area contributed by atoms with Crippen LogP contribution >= 0.6 is 0 Å². The summed E-state index contributed by atoms with van der Waals surface area (Å²) >= 11 is 0. The third-order valence-corrected chi connectivity index (χ3v) is 6.22. The van der Waals surface area contributed by atoms with Crippen LogP contribution in [-0.2, 0) is 12.8 Å². The Balaban J connectivity index is 1.42. The van der Waals surface area contributed by atoms with E-state index in [9.17, 15) is 19.2 Å². The fraction of sp³-hybridized carbons (Fsp3) is 0.174. The SMILES string of the molecule is Cc1ccc(CCc2ncc(C)c3c2C(=O)c2nonc2C3=O)c2c1C(=O)c1nonc1C2=O. The topological polar surface area (TPSA) is 159 Å². The van der Waals surface area contributed by atoms with Crippen LogP contribution in [0.15, 0.2) is 27.6 Å². The summed E-state index contributed by atoms with van der Waals surface area (Å²) in [4.78, 5) is 56.5. The second kappa shape index (κ2) is 6.91. The average Bonchev–Trinajstić information content (AvgIpc) is 3.51. The Bertz CT molecular complexity index is 1490. The number of carbonyl (C=O) groups excluding carboxylic acids is 4. The van der Waals surface area contributed by atoms with Crippen molar-refractivity contribution in [2.24, 2.45) is 0 Å². The zero-order valence-corrected chi connectivity index (χ0v) is 17.8. The van der Waals surface area contributed by atoms with Crippen LogP contribution in [0.25, 0.3) is 0 Å². The van der Waals surface area contributed by atoms with Crippen LogP contribution in [0.1, 0.15) is 86.6 Å². The highest BCUT2D eigenvalue weighted by Gasteiger charge is 2.39. The van der Waals surface area contributed by atoms with E-state index in [-0.39, 0.29) is 57.9 Å². The van der Waals surface area contributed by atoms with Crippen molar-refractivity contribution in [2.75, 3.05) is 0 Å². The second-order valence-electron chi connectivity index (χ2n) is 8.17. The van der Waals surface area contributed by atoms with E-state index < -0.39 is 23.1 Å². The van der Waals surface area contributed by atoms with Gasteiger partial charge in [0.25, 0.3) is 0 Å². The molecule has 2 aliphatic rings. The quantitative estimate of drug-likeness (QED) is 0.383. The van der Waals surface area contributed by atoms with E-state index in [4.69, 9.17) is 0 Å². The minimum atomic E-state index is -0.493. The van der Waals surface area contributed by atoms with Gasteiger partial charge >= 0.3 is 0 Å². The molecule has 4 aromatic rings. The molecule has 1 aromatic carbocycles. The van der Waals surface area contributed by atoms with Crippen LogP contribution in [0.3, 0.4) is 0 Å². The Morgan fingerprint density at radius 1 is 0.618 bits per heavy atom. The van der Waals surface area contributed by atoms with Crippen molar-refractivity contribution in [3.63, 3.8) is 0 Å². The first-order valence-corrected chi connectivity index (χ1v) is 10.3. The van der Waals surface area contributed by atoms with E-state index in [1.807, 2.05) is 0 Å². The van der Waals surface area contributed by atoms with E-state index in [1.54, 1.807) is 26.0 Å². The minimum absolute atomic E-state index is 0.104. The van der Waals surface area contributed by atoms with Crippen LogP contribution < -0.4 is 0 Å². The van der Waals surface area contributed by atoms with E-state index in [0.717, 1.165) is 0 Å². The Labute approximate surface area is 190 Å². The lowest BCUT2D eigenvalue weighted by atomic mass is 9.82. The third-order valence-electron chi connectivity index (χ3n) is 6.22. The van der Waals surface area contributed by atoms with Crippen LogP contribution in [0.4, 0.5) is 0 Å². The lowest BCUT2D eigenvalue weighted by molar-refractivity contribution is 0.0972. The van der Waals surface area contributed by atoms with Gasteiger partial charge in [0, 0.05) is 22.9 Å². The summed E-state index contributed by atoms with van der Waals surface area (Å²) in [6.45, 7) is 3.42. The zero-order valence-electron chi connectivity index (χ0n) is 17.8. The first-order chi connectivity index (χ1) is 16.4. The van der Waals surface area contributed by atoms with Crippen molar-refractivity contribution >= 4 is 23.1 Å². The van der Waals surface area contributed by atoms with Gasteiger partial charge in [-0.1, -0.05) is 12.1 Å². The van der Waals surface area contributed by atoms with Crippen molar-refractivity contribution in [1.29, 1.82) is 0 Å². The standard InChI is InChI=1S/C23H13N5O6/c1-8-3-4-10(14-12(8)20(29)16-18(22(14)31)27-33-25-16)5-6-11-15-13(9(2)7-24-11)21(30)17-19(23(15)32)28-34-26-17/h3-4,7H,5-6H2,1-2H3. The third kappa shape index (κ3) is 2.54. The minimum Gasteiger partial charge on any atom is -0.287 e. The molecule has 166 valence electrons. The Hall–Kier alpha value is -4.67. The highest BCUT2D eigenvalue weighted by molar-refractivity contribution is 6.28. The van der Waals surface area contributed by atoms with Crippen molar-refractivity contribution in [1.82, 2.24) is 25.6 Å². The number of aromatic nitrogens is 5. The van der Waals surface area contributed by atoms with Gasteiger partial charge in [0.05, 0.1) is 11.3 Å². The van der Waals surface area contributed by atoms with E-state index in [0.29, 0.717) is 22.4 Å². The van der Waals surface area contributed by atoms with Gasteiger partial charge in [-0.3, -0.25) is 24.2 Å². The van der Waals surface area contributed by atoms with E-state index in [2.05, 4.69) is 34.9 Å². The first-order valence-electron chi connectivity index (χ1n) is 10.3. The largest absolute Gasteiger partial charge is 0.287 e. The second-order valence-corrected chi connectivity index (χ2v) is 8.17. The molecule has 0 saturated carbocycles. The van der Waals surface area contributed by atoms with Crippen molar-refractivity contribution in [2.45, 2.75) is 26.7 Å². The number of carbonyl (C=O) groups is 4. The molecule has 0 aliphatic heterocycles. The van der Waals surface area contributed by atoms with Gasteiger partial charge < -0.3 is 0 Å². The predicted molar refractivity (Wildman–Crippen MR) is 110 cm³/mol. The molecule has 3 heterocycles. The molecular formula is C23H13N5O6. The summed E-state index contributed by atoms with van der Waals surface area (Å²) in [5.41, 5.74) is 2.49. The Morgan fingerprint density at radius 3 is 1.71 bits per heavy atom. The Kier molecular flexibility index (Phi) is 4.06. The Morgan fingerprint density at radius 2 is 1.12 bits per heavy atom. The highest BCUT2D eigenvalue weighted by Crippen LogP contribution is 2.32. The molecular weight excluding hydrogens is 442 g/mol. The predicted octanol–water partition coefficient (Wildman–Crippen LogP) is 1.80. The summed E-state index contributed by atoms with van der Waals surface area (Å²) in [6, 6.07) is 3.50. The number of pyridine rings is 1. The summed E-state index contributed by atoms with van der Waals surface area (Å²) in [6.07, 6.45) is 2.02. The summed E-state index contributed by atoms with van der Waals surface area (Å²) in [5.74, 6) is -1.82. The lowest BCUT2D eigenvalue weighted by Gasteiger charge is -2.19. The van der Waals surface area contributed by atoms with Crippen LogP contribution in [-0.4, -0.2) is 48.7 Å². The van der Waals surface area contributed by atoms with Crippen molar-refractivity contribution < 1.29 is 28.4 Å². The number of ketones is 4. The van der Waals surface area contributed by atoms with Gasteiger partial charge in [-0.25, -0.2) is 9.26 Å². The molecule has 0 unspecified atom stereocenters. The van der Waals surface area contributed by atoms with Gasteiger partial charge in [-0.15, -0.1) is 0 Å². The van der Waals surface area contributed by atoms with Gasteiger partial charge in [0.2, 0.25) is 23.1 Å². The number of aryl methyl sites for hydroxylation is 4. The maximum absolute atomic E-state index is 13.1. The molecule has 11 nitrogen and oxygen atoms in total. The number of rotatable bonds is 3. The first kappa shape index (κ1) is 20.0. The van der Waals surface area contributed by atoms with Gasteiger partial charge in [0.15, 0.2) is 22.8 Å². The summed E-state index contributed by atoms with van der Waals surface area (Å²) < 4.78 is 9.24. The number of nitrogens with zero attached hydrogens (tertiary/aromatic N) is 5. The smallest absolute Gasteiger partial charge is 0.220 e. The zero-order chi connectivity index (χ0) is 23.7. The molecule has 0 amide bonds. The van der Waals surface area contributed by atoms with Crippen LogP contribution in [0, 0.1) is 13.8 Å². The molecule has 0 bridgehead atoms. The molecule has 0 radical (unpaired) electrons. The van der Waals surface area contributed by atoms with E-state index >= 15 is 0 Å². The number of benzene rings is 1. The number of hydrogen-bond donors (Lipinski definition) is 0. The average molecular weight is 455 g/mol. The molecule has 0 saturated heterocycles. The van der Waals surface area contributed by atoms with Crippen LogP contribution in [0.2, 0.25) is 0 Å². The fourth-order valence-electron chi connectivity index (χ4n) is 4.58. The summed E-state index contributed by atoms with van der Waals surface area (Å²) in [7, 11) is 0. The maximum atomic E-state index is 13.1. The van der Waals surface area contributed by atoms with Crippen molar-refractivity contribution in [3.8, 4) is 0 Å². The molecule has 0 fully saturated rings. The molecule has 0 N–H and O–H groups in total. The molecule has 0 spiro atoms. The van der Waals surface area contributed by atoms with Crippen LogP contribution in [0.5, 0.6) is 0 Å². The monoisotopic (exact) mass is 455 g/mol. The van der Waals surface area contributed by atoms with Gasteiger partial charge in [-0.05, 0) is 64.0 Å². The molecule has 11 heteroatoms. The summed E-state index contributed by atoms with van der Waals surface area (Å²) in [5, 5.41) is 14.4. The normalized spacial score (nSPS) is 14.1. The number of hydrogen-bond acceptors (Lipinski definition) is 11. The molecule has 2 aliphatic carbocycles. The maximum Gasteiger partial charge on any atom is 0.220 e. The number of fused-ring (bicyclic) bond motifs is 4. The highest BCUT2D eigenvalue weighted by atomic mass is 16.6.